The number of para-hydroxylation sites is 1. The molecule has 38 heavy (non-hydrogen) atoms. The van der Waals surface area contributed by atoms with Gasteiger partial charge in [0, 0.05) is 18.8 Å². The van der Waals surface area contributed by atoms with Gasteiger partial charge >= 0.3 is 0 Å². The zero-order chi connectivity index (χ0) is 27.1. The topological polar surface area (TPSA) is 117 Å². The van der Waals surface area contributed by atoms with Crippen molar-refractivity contribution in [3.8, 4) is 5.75 Å². The van der Waals surface area contributed by atoms with Crippen LogP contribution in [0.3, 0.4) is 0 Å². The van der Waals surface area contributed by atoms with Crippen molar-refractivity contribution in [2.45, 2.75) is 50.4 Å². The number of fused-ring (bicyclic) bond motifs is 1. The highest BCUT2D eigenvalue weighted by molar-refractivity contribution is 6.33. The first-order chi connectivity index (χ1) is 18.2. The van der Waals surface area contributed by atoms with Crippen LogP contribution in [0.4, 0.5) is 11.4 Å². The fourth-order valence-corrected chi connectivity index (χ4v) is 6.58. The molecule has 202 valence electrons. The highest BCUT2D eigenvalue weighted by Gasteiger charge is 2.77. The molecule has 2 bridgehead atoms. The number of carbonyl (C=O) groups is 3. The minimum atomic E-state index is -1.16. The van der Waals surface area contributed by atoms with E-state index >= 15 is 0 Å². The van der Waals surface area contributed by atoms with Gasteiger partial charge in [0.25, 0.3) is 0 Å². The highest BCUT2D eigenvalue weighted by Crippen LogP contribution is 2.63. The number of likely N-dealkylation sites (tertiary alicyclic amines) is 1. The maximum absolute atomic E-state index is 13.9. The second-order valence-corrected chi connectivity index (χ2v) is 10.7. The average molecular weight is 542 g/mol. The first-order valence-corrected chi connectivity index (χ1v) is 13.3. The normalized spacial score (nSPS) is 29.3. The number of amides is 3. The van der Waals surface area contributed by atoms with Gasteiger partial charge in [-0.15, -0.1) is 0 Å². The number of benzene rings is 2. The summed E-state index contributed by atoms with van der Waals surface area (Å²) >= 11 is 6.28. The van der Waals surface area contributed by atoms with Crippen LogP contribution in [0.5, 0.6) is 5.75 Å². The van der Waals surface area contributed by atoms with Crippen LogP contribution >= 0.6 is 11.6 Å². The van der Waals surface area contributed by atoms with Crippen LogP contribution in [0, 0.1) is 11.8 Å². The number of aliphatic hydroxyl groups excluding tert-OH is 1. The van der Waals surface area contributed by atoms with E-state index in [9.17, 15) is 19.5 Å². The molecule has 3 aliphatic rings. The molecule has 0 saturated carbocycles. The molecule has 2 aromatic rings. The van der Waals surface area contributed by atoms with E-state index in [0.717, 1.165) is 0 Å². The maximum atomic E-state index is 13.9. The monoisotopic (exact) mass is 541 g/mol. The molecule has 2 unspecified atom stereocenters. The SMILES string of the molecule is CCOc1ccc(NC(=O)[C@@H]2[C@H]3C(=O)N(CCCO)C(C(=O)Nc4ccccc4Cl)C34CC[C@@]2(C)O4)cc1. The lowest BCUT2D eigenvalue weighted by Crippen LogP contribution is -2.53. The summed E-state index contributed by atoms with van der Waals surface area (Å²) in [5, 5.41) is 15.7. The van der Waals surface area contributed by atoms with Crippen LogP contribution in [0.25, 0.3) is 0 Å². The number of ether oxygens (including phenoxy) is 2. The predicted octanol–water partition coefficient (Wildman–Crippen LogP) is 3.46. The van der Waals surface area contributed by atoms with Gasteiger partial charge in [0.05, 0.1) is 34.8 Å². The maximum Gasteiger partial charge on any atom is 0.250 e. The van der Waals surface area contributed by atoms with Crippen LogP contribution in [0.15, 0.2) is 48.5 Å². The van der Waals surface area contributed by atoms with Crippen molar-refractivity contribution in [1.29, 1.82) is 0 Å². The van der Waals surface area contributed by atoms with Crippen molar-refractivity contribution in [2.75, 3.05) is 30.4 Å². The fraction of sp³-hybridized carbons (Fsp3) is 0.464. The summed E-state index contributed by atoms with van der Waals surface area (Å²) in [5.41, 5.74) is -1.05. The lowest BCUT2D eigenvalue weighted by Gasteiger charge is -2.33. The second-order valence-electron chi connectivity index (χ2n) is 10.3. The predicted molar refractivity (Wildman–Crippen MR) is 142 cm³/mol. The van der Waals surface area contributed by atoms with E-state index in [4.69, 9.17) is 21.1 Å². The summed E-state index contributed by atoms with van der Waals surface area (Å²) < 4.78 is 12.0. The zero-order valence-electron chi connectivity index (χ0n) is 21.4. The molecule has 2 aromatic carbocycles. The van der Waals surface area contributed by atoms with Crippen molar-refractivity contribution in [3.63, 3.8) is 0 Å². The zero-order valence-corrected chi connectivity index (χ0v) is 22.2. The van der Waals surface area contributed by atoms with Crippen molar-refractivity contribution in [2.24, 2.45) is 11.8 Å². The lowest BCUT2D eigenvalue weighted by molar-refractivity contribution is -0.143. The number of nitrogens with zero attached hydrogens (tertiary/aromatic N) is 1. The van der Waals surface area contributed by atoms with Gasteiger partial charge in [0.2, 0.25) is 17.7 Å². The molecule has 10 heteroatoms. The number of carbonyl (C=O) groups excluding carboxylic acids is 3. The number of hydrogen-bond acceptors (Lipinski definition) is 6. The van der Waals surface area contributed by atoms with Crippen molar-refractivity contribution in [3.05, 3.63) is 53.6 Å². The van der Waals surface area contributed by atoms with Crippen molar-refractivity contribution in [1.82, 2.24) is 4.90 Å². The van der Waals surface area contributed by atoms with Crippen LogP contribution in [-0.4, -0.2) is 64.7 Å². The van der Waals surface area contributed by atoms with Gasteiger partial charge in [-0.25, -0.2) is 0 Å². The standard InChI is InChI=1S/C28H32ClN3O6/c1-3-37-18-11-9-17(10-12-18)30-24(34)21-22-26(36)32(15-6-16-33)23(28(22)14-13-27(21,2)38-28)25(35)31-20-8-5-4-7-19(20)29/h4-5,7-12,21-23,33H,3,6,13-16H2,1-2H3,(H,30,34)(H,31,35)/t21-,22-,23?,27+,28?/m0/s1. The molecule has 3 N–H and O–H groups in total. The molecule has 0 aliphatic carbocycles. The first-order valence-electron chi connectivity index (χ1n) is 12.9. The van der Waals surface area contributed by atoms with Crippen molar-refractivity contribution >= 4 is 40.7 Å². The average Bonchev–Trinajstić information content (AvgIpc) is 3.46. The second kappa shape index (κ2) is 10.2. The molecular formula is C28H32ClN3O6. The molecule has 3 aliphatic heterocycles. The Balaban J connectivity index is 1.45. The molecule has 3 saturated heterocycles. The number of halogens is 1. The fourth-order valence-electron chi connectivity index (χ4n) is 6.39. The third-order valence-corrected chi connectivity index (χ3v) is 8.26. The van der Waals surface area contributed by atoms with Crippen molar-refractivity contribution < 1.29 is 29.0 Å². The van der Waals surface area contributed by atoms with Gasteiger partial charge in [-0.2, -0.15) is 0 Å². The first kappa shape index (κ1) is 26.5. The summed E-state index contributed by atoms with van der Waals surface area (Å²) in [6.07, 6.45) is 1.29. The Hall–Kier alpha value is -3.14. The smallest absolute Gasteiger partial charge is 0.250 e. The van der Waals surface area contributed by atoms with E-state index in [2.05, 4.69) is 10.6 Å². The van der Waals surface area contributed by atoms with Gasteiger partial charge in [0.15, 0.2) is 0 Å². The van der Waals surface area contributed by atoms with Gasteiger partial charge in [-0.3, -0.25) is 14.4 Å². The molecule has 5 rings (SSSR count). The van der Waals surface area contributed by atoms with Crippen LogP contribution in [0.2, 0.25) is 5.02 Å². The Bertz CT molecular complexity index is 1240. The molecule has 3 heterocycles. The lowest BCUT2D eigenvalue weighted by atomic mass is 9.66. The van der Waals surface area contributed by atoms with E-state index in [0.29, 0.717) is 48.0 Å². The Kier molecular flexibility index (Phi) is 7.11. The third kappa shape index (κ3) is 4.32. The van der Waals surface area contributed by atoms with Gasteiger partial charge in [-0.05, 0) is 69.5 Å². The van der Waals surface area contributed by atoms with Crippen LogP contribution in [-0.2, 0) is 19.1 Å². The molecule has 9 nitrogen and oxygen atoms in total. The number of anilines is 2. The Morgan fingerprint density at radius 3 is 2.55 bits per heavy atom. The Morgan fingerprint density at radius 1 is 1.13 bits per heavy atom. The minimum absolute atomic E-state index is 0.138. The number of rotatable bonds is 9. The number of nitrogens with one attached hydrogen (secondary N) is 2. The molecular weight excluding hydrogens is 510 g/mol. The molecule has 5 atom stereocenters. The largest absolute Gasteiger partial charge is 0.494 e. The number of aliphatic hydroxyl groups is 1. The van der Waals surface area contributed by atoms with E-state index in [-0.39, 0.29) is 25.0 Å². The Morgan fingerprint density at radius 2 is 1.87 bits per heavy atom. The summed E-state index contributed by atoms with van der Waals surface area (Å²) in [6, 6.07) is 12.9. The Labute approximate surface area is 226 Å². The number of hydrogen-bond donors (Lipinski definition) is 3. The van der Waals surface area contributed by atoms with E-state index in [1.165, 1.54) is 4.90 Å². The summed E-state index contributed by atoms with van der Waals surface area (Å²) in [7, 11) is 0. The third-order valence-electron chi connectivity index (χ3n) is 7.93. The van der Waals surface area contributed by atoms with E-state index in [1.54, 1.807) is 48.5 Å². The summed E-state index contributed by atoms with van der Waals surface area (Å²) in [6.45, 7) is 4.30. The molecule has 3 amide bonds. The van der Waals surface area contributed by atoms with Crippen LogP contribution < -0.4 is 15.4 Å². The van der Waals surface area contributed by atoms with Gasteiger partial charge < -0.3 is 30.1 Å². The van der Waals surface area contributed by atoms with Gasteiger partial charge in [-0.1, -0.05) is 23.7 Å². The highest BCUT2D eigenvalue weighted by atomic mass is 35.5. The van der Waals surface area contributed by atoms with E-state index in [1.807, 2.05) is 13.8 Å². The molecule has 1 spiro atoms. The molecule has 0 aromatic heterocycles. The summed E-state index contributed by atoms with van der Waals surface area (Å²) in [4.78, 5) is 42.8. The quantitative estimate of drug-likeness (QED) is 0.447. The van der Waals surface area contributed by atoms with Crippen LogP contribution in [0.1, 0.15) is 33.1 Å². The summed E-state index contributed by atoms with van der Waals surface area (Å²) in [5.74, 6) is -1.99. The molecule has 3 fully saturated rings. The minimum Gasteiger partial charge on any atom is -0.494 e. The molecule has 0 radical (unpaired) electrons. The van der Waals surface area contributed by atoms with Gasteiger partial charge in [0.1, 0.15) is 17.4 Å². The van der Waals surface area contributed by atoms with E-state index < -0.39 is 35.0 Å².